The van der Waals surface area contributed by atoms with Crippen molar-refractivity contribution in [1.82, 2.24) is 9.80 Å². The second kappa shape index (κ2) is 12.8. The molecule has 2 aromatic rings. The molecule has 3 rings (SSSR count). The number of hydrogen-bond donors (Lipinski definition) is 2. The second-order valence-electron chi connectivity index (χ2n) is 9.86. The molecule has 8 nitrogen and oxygen atoms in total. The smallest absolute Gasteiger partial charge is 0.295 e. The molecule has 0 aromatic heterocycles. The maximum atomic E-state index is 13.4. The van der Waals surface area contributed by atoms with Gasteiger partial charge in [0, 0.05) is 18.7 Å². The van der Waals surface area contributed by atoms with Gasteiger partial charge in [-0.15, -0.1) is 0 Å². The number of likely N-dealkylation sites (tertiary alicyclic amines) is 1. The Bertz CT molecular complexity index is 1190. The van der Waals surface area contributed by atoms with Crippen LogP contribution >= 0.6 is 0 Å². The molecule has 1 amide bonds. The van der Waals surface area contributed by atoms with Crippen molar-refractivity contribution in [3.05, 3.63) is 58.7 Å². The number of carbonyl (C=O) groups excluding carboxylic acids is 2. The fourth-order valence-electron chi connectivity index (χ4n) is 4.62. The van der Waals surface area contributed by atoms with Crippen LogP contribution < -0.4 is 9.47 Å². The number of ketones is 1. The number of ether oxygens (including phenoxy) is 2. The summed E-state index contributed by atoms with van der Waals surface area (Å²) >= 11 is 0. The van der Waals surface area contributed by atoms with E-state index < -0.39 is 17.7 Å². The molecule has 0 saturated carbocycles. The number of aryl methyl sites for hydroxylation is 1. The van der Waals surface area contributed by atoms with Crippen molar-refractivity contribution in [1.29, 1.82) is 0 Å². The Labute approximate surface area is 225 Å². The predicted octanol–water partition coefficient (Wildman–Crippen LogP) is 4.90. The monoisotopic (exact) mass is 524 g/mol. The minimum absolute atomic E-state index is 0.0154. The number of aromatic hydroxyl groups is 1. The Morgan fingerprint density at radius 1 is 1.05 bits per heavy atom. The zero-order valence-corrected chi connectivity index (χ0v) is 23.3. The molecular formula is C30H40N2O6. The number of benzene rings is 2. The minimum atomic E-state index is -0.832. The molecule has 1 fully saturated rings. The molecule has 206 valence electrons. The van der Waals surface area contributed by atoms with Crippen LogP contribution in [-0.2, 0) is 9.59 Å². The molecule has 0 bridgehead atoms. The molecule has 1 aliphatic heterocycles. The van der Waals surface area contributed by atoms with Gasteiger partial charge in [-0.05, 0) is 74.3 Å². The number of phenolic OH excluding ortho intramolecular Hbond substituents is 1. The number of rotatable bonds is 12. The largest absolute Gasteiger partial charge is 0.507 e. The molecular weight excluding hydrogens is 484 g/mol. The number of Topliss-reactive ketones (excluding diaryl/α,β-unsaturated/α-hetero) is 1. The van der Waals surface area contributed by atoms with Gasteiger partial charge in [0.1, 0.15) is 11.5 Å². The molecule has 0 unspecified atom stereocenters. The predicted molar refractivity (Wildman–Crippen MR) is 148 cm³/mol. The Morgan fingerprint density at radius 3 is 2.37 bits per heavy atom. The van der Waals surface area contributed by atoms with Gasteiger partial charge in [0.2, 0.25) is 0 Å². The van der Waals surface area contributed by atoms with Crippen LogP contribution in [0.5, 0.6) is 17.2 Å². The maximum absolute atomic E-state index is 13.4. The Morgan fingerprint density at radius 2 is 1.76 bits per heavy atom. The van der Waals surface area contributed by atoms with Gasteiger partial charge < -0.3 is 29.5 Å². The van der Waals surface area contributed by atoms with Gasteiger partial charge in [-0.25, -0.2) is 0 Å². The van der Waals surface area contributed by atoms with Crippen LogP contribution in [0, 0.1) is 12.8 Å². The second-order valence-corrected chi connectivity index (χ2v) is 9.86. The van der Waals surface area contributed by atoms with Crippen LogP contribution in [0.2, 0.25) is 0 Å². The lowest BCUT2D eigenvalue weighted by Crippen LogP contribution is -2.38. The highest BCUT2D eigenvalue weighted by molar-refractivity contribution is 6.46. The summed E-state index contributed by atoms with van der Waals surface area (Å²) in [5.74, 6) is -0.392. The van der Waals surface area contributed by atoms with E-state index in [1.165, 1.54) is 11.0 Å². The van der Waals surface area contributed by atoms with E-state index in [4.69, 9.17) is 9.47 Å². The van der Waals surface area contributed by atoms with Crippen LogP contribution in [0.15, 0.2) is 42.0 Å². The number of aliphatic hydroxyl groups excluding tert-OH is 1. The number of carbonyl (C=O) groups is 2. The fraction of sp³-hybridized carbons (Fsp3) is 0.467. The third-order valence-electron chi connectivity index (χ3n) is 6.73. The van der Waals surface area contributed by atoms with Crippen LogP contribution in [-0.4, -0.2) is 71.1 Å². The molecule has 0 aliphatic carbocycles. The fourth-order valence-corrected chi connectivity index (χ4v) is 4.62. The first-order valence-corrected chi connectivity index (χ1v) is 13.3. The van der Waals surface area contributed by atoms with Gasteiger partial charge in [0.15, 0.2) is 11.5 Å². The first-order chi connectivity index (χ1) is 18.1. The van der Waals surface area contributed by atoms with Crippen molar-refractivity contribution in [2.24, 2.45) is 5.92 Å². The summed E-state index contributed by atoms with van der Waals surface area (Å²) in [5, 5.41) is 21.8. The standard InChI is InChI=1S/C30H40N2O6/c1-7-31(8-2)14-15-32-27(21-10-13-24(33)25(17-21)37-9-3)26(29(35)30(32)36)28(34)23-12-11-22(16-20(23)6)38-18-19(4)5/h10-13,16-17,19,27,33-34H,7-9,14-15,18H2,1-6H3/b28-26+/t27-/m0/s1. The topological polar surface area (TPSA) is 99.5 Å². The number of phenols is 1. The highest BCUT2D eigenvalue weighted by Gasteiger charge is 2.46. The summed E-state index contributed by atoms with van der Waals surface area (Å²) in [6, 6.07) is 9.21. The van der Waals surface area contributed by atoms with Gasteiger partial charge in [-0.2, -0.15) is 0 Å². The zero-order valence-electron chi connectivity index (χ0n) is 23.3. The van der Waals surface area contributed by atoms with Crippen molar-refractivity contribution in [3.63, 3.8) is 0 Å². The summed E-state index contributed by atoms with van der Waals surface area (Å²) in [6.45, 7) is 15.2. The number of aliphatic hydroxyl groups is 1. The summed E-state index contributed by atoms with van der Waals surface area (Å²) in [5.41, 5.74) is 1.76. The van der Waals surface area contributed by atoms with Gasteiger partial charge >= 0.3 is 0 Å². The van der Waals surface area contributed by atoms with E-state index in [0.29, 0.717) is 49.1 Å². The van der Waals surface area contributed by atoms with Crippen molar-refractivity contribution in [2.45, 2.75) is 47.6 Å². The van der Waals surface area contributed by atoms with E-state index in [-0.39, 0.29) is 22.8 Å². The average Bonchev–Trinajstić information content (AvgIpc) is 3.14. The Hall–Kier alpha value is -3.52. The molecule has 38 heavy (non-hydrogen) atoms. The average molecular weight is 525 g/mol. The van der Waals surface area contributed by atoms with Gasteiger partial charge in [0.25, 0.3) is 11.7 Å². The minimum Gasteiger partial charge on any atom is -0.507 e. The first-order valence-electron chi connectivity index (χ1n) is 13.3. The van der Waals surface area contributed by atoms with Crippen LogP contribution in [0.3, 0.4) is 0 Å². The molecule has 2 N–H and O–H groups in total. The SMILES string of the molecule is CCOc1cc([C@H]2/C(=C(\O)c3ccc(OCC(C)C)cc3C)C(=O)C(=O)N2CCN(CC)CC)ccc1O. The molecule has 1 aliphatic rings. The van der Waals surface area contributed by atoms with Crippen LogP contribution in [0.25, 0.3) is 5.76 Å². The first kappa shape index (κ1) is 29.0. The van der Waals surface area contributed by atoms with Crippen LogP contribution in [0.1, 0.15) is 57.4 Å². The van der Waals surface area contributed by atoms with Crippen LogP contribution in [0.4, 0.5) is 0 Å². The summed E-state index contributed by atoms with van der Waals surface area (Å²) in [4.78, 5) is 30.4. The number of hydrogen-bond acceptors (Lipinski definition) is 7. The van der Waals surface area contributed by atoms with Gasteiger partial charge in [-0.3, -0.25) is 9.59 Å². The van der Waals surface area contributed by atoms with E-state index in [2.05, 4.69) is 18.7 Å². The zero-order chi connectivity index (χ0) is 28.0. The lowest BCUT2D eigenvalue weighted by molar-refractivity contribution is -0.140. The summed E-state index contributed by atoms with van der Waals surface area (Å²) in [6.07, 6.45) is 0. The third-order valence-corrected chi connectivity index (χ3v) is 6.73. The molecule has 1 saturated heterocycles. The van der Waals surface area contributed by atoms with Crippen molar-refractivity contribution in [3.8, 4) is 17.2 Å². The highest BCUT2D eigenvalue weighted by atomic mass is 16.5. The molecule has 2 aromatic carbocycles. The van der Waals surface area contributed by atoms with E-state index >= 15 is 0 Å². The van der Waals surface area contributed by atoms with Crippen molar-refractivity contribution in [2.75, 3.05) is 39.4 Å². The number of likely N-dealkylation sites (N-methyl/N-ethyl adjacent to an activating group) is 1. The van der Waals surface area contributed by atoms with E-state index in [1.54, 1.807) is 31.2 Å². The Kier molecular flexibility index (Phi) is 9.80. The molecule has 8 heteroatoms. The van der Waals surface area contributed by atoms with E-state index in [1.807, 2.05) is 26.8 Å². The number of nitrogens with zero attached hydrogens (tertiary/aromatic N) is 2. The Balaban J connectivity index is 2.12. The van der Waals surface area contributed by atoms with Gasteiger partial charge in [0.05, 0.1) is 24.8 Å². The lowest BCUT2D eigenvalue weighted by Gasteiger charge is -2.28. The molecule has 0 spiro atoms. The third kappa shape index (κ3) is 6.30. The highest BCUT2D eigenvalue weighted by Crippen LogP contribution is 2.42. The molecule has 0 radical (unpaired) electrons. The van der Waals surface area contributed by atoms with E-state index in [9.17, 15) is 19.8 Å². The van der Waals surface area contributed by atoms with Gasteiger partial charge in [-0.1, -0.05) is 33.8 Å². The number of amides is 1. The quantitative estimate of drug-likeness (QED) is 0.231. The maximum Gasteiger partial charge on any atom is 0.295 e. The summed E-state index contributed by atoms with van der Waals surface area (Å²) in [7, 11) is 0. The molecule has 1 atom stereocenters. The van der Waals surface area contributed by atoms with Crippen molar-refractivity contribution >= 4 is 17.4 Å². The molecule has 1 heterocycles. The lowest BCUT2D eigenvalue weighted by atomic mass is 9.93. The normalized spacial score (nSPS) is 17.1. The van der Waals surface area contributed by atoms with E-state index in [0.717, 1.165) is 18.7 Å². The summed E-state index contributed by atoms with van der Waals surface area (Å²) < 4.78 is 11.4. The van der Waals surface area contributed by atoms with Crippen molar-refractivity contribution < 1.29 is 29.3 Å².